The zero-order valence-electron chi connectivity index (χ0n) is 3.47. The predicted octanol–water partition coefficient (Wildman–Crippen LogP) is 0.124. The first kappa shape index (κ1) is 6.65. The number of halogens is 1. The molecule has 1 rings (SSSR count). The fourth-order valence-electron chi connectivity index (χ4n) is 0.213. The Balaban J connectivity index is 0.000000360. The second kappa shape index (κ2) is 2.76. The van der Waals surface area contributed by atoms with E-state index in [0.717, 1.165) is 0 Å². The summed E-state index contributed by atoms with van der Waals surface area (Å²) in [5.74, 6) is 0. The molecule has 0 aliphatic carbocycles. The van der Waals surface area contributed by atoms with Crippen LogP contribution in [0, 0.1) is 0 Å². The van der Waals surface area contributed by atoms with Gasteiger partial charge in [0.1, 0.15) is 0 Å². The molecule has 2 N–H and O–H groups in total. The molecule has 7 heavy (non-hydrogen) atoms. The van der Waals surface area contributed by atoms with Crippen LogP contribution in [0.25, 0.3) is 0 Å². The van der Waals surface area contributed by atoms with Crippen LogP contribution in [-0.2, 0) is 4.84 Å². The van der Waals surface area contributed by atoms with Crippen molar-refractivity contribution in [1.29, 1.82) is 0 Å². The molecule has 0 radical (unpaired) electrons. The van der Waals surface area contributed by atoms with E-state index in [0.29, 0.717) is 6.61 Å². The van der Waals surface area contributed by atoms with Crippen LogP contribution >= 0.6 is 11.6 Å². The molecule has 1 aliphatic heterocycles. The van der Waals surface area contributed by atoms with Gasteiger partial charge in [-0.15, -0.1) is 5.11 Å². The molecule has 5 heteroatoms. The van der Waals surface area contributed by atoms with E-state index in [1.165, 1.54) is 0 Å². The molecule has 0 saturated carbocycles. The van der Waals surface area contributed by atoms with Crippen molar-refractivity contribution in [1.82, 2.24) is 0 Å². The molecule has 0 aromatic carbocycles. The van der Waals surface area contributed by atoms with Gasteiger partial charge in [0.2, 0.25) is 0 Å². The lowest BCUT2D eigenvalue weighted by Gasteiger charge is -1.81. The standard InChI is InChI=1S/C2H3ClN2O.H2O/c3-2-1-6-5-4-2;/h2H,1H2;1H2. The van der Waals surface area contributed by atoms with Crippen molar-refractivity contribution < 1.29 is 10.3 Å². The fraction of sp³-hybridized carbons (Fsp3) is 1.00. The lowest BCUT2D eigenvalue weighted by atomic mass is 10.7. The molecule has 1 unspecified atom stereocenters. The van der Waals surface area contributed by atoms with Crippen LogP contribution < -0.4 is 0 Å². The molecule has 0 aromatic heterocycles. The lowest BCUT2D eigenvalue weighted by Crippen LogP contribution is -1.92. The van der Waals surface area contributed by atoms with Crippen LogP contribution in [0.4, 0.5) is 0 Å². The number of hydrogen-bond donors (Lipinski definition) is 0. The van der Waals surface area contributed by atoms with Crippen LogP contribution in [0.3, 0.4) is 0 Å². The molecular weight excluding hydrogens is 119 g/mol. The van der Waals surface area contributed by atoms with Crippen molar-refractivity contribution in [2.45, 2.75) is 5.50 Å². The maximum atomic E-state index is 5.33. The smallest absolute Gasteiger partial charge is 0.184 e. The molecule has 42 valence electrons. The second-order valence-corrected chi connectivity index (χ2v) is 1.43. The van der Waals surface area contributed by atoms with Gasteiger partial charge in [0.25, 0.3) is 0 Å². The van der Waals surface area contributed by atoms with Crippen molar-refractivity contribution >= 4 is 11.6 Å². The van der Waals surface area contributed by atoms with Crippen molar-refractivity contribution in [3.63, 3.8) is 0 Å². The SMILES string of the molecule is ClC1CON=N1.O. The van der Waals surface area contributed by atoms with Gasteiger partial charge in [0, 0.05) is 5.28 Å². The Morgan fingerprint density at radius 3 is 2.57 bits per heavy atom. The number of nitrogens with zero attached hydrogens (tertiary/aromatic N) is 2. The summed E-state index contributed by atoms with van der Waals surface area (Å²) in [6, 6.07) is 0. The van der Waals surface area contributed by atoms with Gasteiger partial charge in [-0.05, 0) is 0 Å². The molecule has 0 spiro atoms. The van der Waals surface area contributed by atoms with Crippen LogP contribution in [-0.4, -0.2) is 17.6 Å². The topological polar surface area (TPSA) is 65.5 Å². The van der Waals surface area contributed by atoms with E-state index in [9.17, 15) is 0 Å². The molecule has 0 aromatic rings. The van der Waals surface area contributed by atoms with Gasteiger partial charge >= 0.3 is 0 Å². The molecule has 1 heterocycles. The normalized spacial score (nSPS) is 26.1. The molecular formula is C2H5ClN2O2. The third kappa shape index (κ3) is 1.70. The van der Waals surface area contributed by atoms with Gasteiger partial charge < -0.3 is 10.3 Å². The van der Waals surface area contributed by atoms with Crippen LogP contribution in [0.1, 0.15) is 0 Å². The van der Waals surface area contributed by atoms with E-state index in [4.69, 9.17) is 11.6 Å². The molecule has 0 amide bonds. The molecule has 0 saturated heterocycles. The van der Waals surface area contributed by atoms with E-state index in [2.05, 4.69) is 15.2 Å². The average molecular weight is 125 g/mol. The third-order valence-corrected chi connectivity index (χ3v) is 0.656. The Morgan fingerprint density at radius 2 is 2.43 bits per heavy atom. The maximum Gasteiger partial charge on any atom is 0.184 e. The zero-order valence-corrected chi connectivity index (χ0v) is 4.22. The number of alkyl halides is 1. The van der Waals surface area contributed by atoms with Gasteiger partial charge in [0.05, 0.1) is 0 Å². The van der Waals surface area contributed by atoms with Crippen molar-refractivity contribution in [3.05, 3.63) is 0 Å². The minimum absolute atomic E-state index is 0. The highest BCUT2D eigenvalue weighted by Crippen LogP contribution is 2.05. The van der Waals surface area contributed by atoms with Crippen LogP contribution in [0.2, 0.25) is 0 Å². The highest BCUT2D eigenvalue weighted by molar-refractivity contribution is 6.20. The monoisotopic (exact) mass is 124 g/mol. The van der Waals surface area contributed by atoms with Gasteiger partial charge in [-0.25, -0.2) is 0 Å². The Bertz CT molecular complexity index is 76.1. The molecule has 4 nitrogen and oxygen atoms in total. The van der Waals surface area contributed by atoms with Gasteiger partial charge in [-0.3, -0.25) is 0 Å². The molecule has 0 bridgehead atoms. The maximum absolute atomic E-state index is 5.33. The largest absolute Gasteiger partial charge is 0.412 e. The van der Waals surface area contributed by atoms with Crippen molar-refractivity contribution in [2.75, 3.05) is 6.61 Å². The summed E-state index contributed by atoms with van der Waals surface area (Å²) in [5.41, 5.74) is -0.245. The minimum atomic E-state index is -0.245. The zero-order chi connectivity index (χ0) is 4.41. The van der Waals surface area contributed by atoms with Crippen molar-refractivity contribution in [3.8, 4) is 0 Å². The van der Waals surface area contributed by atoms with Crippen molar-refractivity contribution in [2.24, 2.45) is 10.4 Å². The van der Waals surface area contributed by atoms with Gasteiger partial charge in [-0.1, -0.05) is 11.6 Å². The first-order valence-electron chi connectivity index (χ1n) is 1.56. The van der Waals surface area contributed by atoms with Crippen LogP contribution in [0.15, 0.2) is 10.4 Å². The van der Waals surface area contributed by atoms with Gasteiger partial charge in [0.15, 0.2) is 12.1 Å². The van der Waals surface area contributed by atoms with E-state index in [-0.39, 0.29) is 11.0 Å². The predicted molar refractivity (Wildman–Crippen MR) is 24.1 cm³/mol. The summed E-state index contributed by atoms with van der Waals surface area (Å²) in [6.45, 7) is 0.418. The summed E-state index contributed by atoms with van der Waals surface area (Å²) in [6.07, 6.45) is 0. The summed E-state index contributed by atoms with van der Waals surface area (Å²) in [4.78, 5) is 4.38. The Kier molecular flexibility index (Phi) is 2.62. The van der Waals surface area contributed by atoms with E-state index < -0.39 is 0 Å². The van der Waals surface area contributed by atoms with E-state index in [1.807, 2.05) is 0 Å². The second-order valence-electron chi connectivity index (χ2n) is 0.927. The summed E-state index contributed by atoms with van der Waals surface area (Å²) < 4.78 is 0. The highest BCUT2D eigenvalue weighted by atomic mass is 35.5. The first-order chi connectivity index (χ1) is 2.89. The van der Waals surface area contributed by atoms with Crippen LogP contribution in [0.5, 0.6) is 0 Å². The Morgan fingerprint density at radius 1 is 1.71 bits per heavy atom. The van der Waals surface area contributed by atoms with Gasteiger partial charge in [-0.2, -0.15) is 0 Å². The molecule has 1 atom stereocenters. The summed E-state index contributed by atoms with van der Waals surface area (Å²) >= 11 is 5.33. The van der Waals surface area contributed by atoms with E-state index in [1.54, 1.807) is 0 Å². The van der Waals surface area contributed by atoms with E-state index >= 15 is 0 Å². The quantitative estimate of drug-likeness (QED) is 0.334. The third-order valence-electron chi connectivity index (χ3n) is 0.442. The summed E-state index contributed by atoms with van der Waals surface area (Å²) in [5, 5.41) is 6.56. The number of rotatable bonds is 0. The average Bonchev–Trinajstić information content (AvgIpc) is 1.86. The molecule has 1 aliphatic rings. The number of hydrogen-bond acceptors (Lipinski definition) is 3. The summed E-state index contributed by atoms with van der Waals surface area (Å²) in [7, 11) is 0. The Labute approximate surface area is 45.4 Å². The Hall–Kier alpha value is -0.350. The molecule has 0 fully saturated rings. The first-order valence-corrected chi connectivity index (χ1v) is 1.99. The highest BCUT2D eigenvalue weighted by Gasteiger charge is 2.06. The fourth-order valence-corrected chi connectivity index (χ4v) is 0.305. The minimum Gasteiger partial charge on any atom is -0.412 e. The lowest BCUT2D eigenvalue weighted by molar-refractivity contribution is 0.171.